The zero-order valence-corrected chi connectivity index (χ0v) is 12.3. The van der Waals surface area contributed by atoms with E-state index in [0.717, 1.165) is 16.1 Å². The second kappa shape index (κ2) is 5.06. The van der Waals surface area contributed by atoms with Gasteiger partial charge in [0.25, 0.3) is 0 Å². The molecule has 22 heavy (non-hydrogen) atoms. The van der Waals surface area contributed by atoms with Crippen molar-refractivity contribution in [3.63, 3.8) is 0 Å². The molecule has 110 valence electrons. The van der Waals surface area contributed by atoms with Gasteiger partial charge in [-0.15, -0.1) is 11.3 Å². The predicted molar refractivity (Wildman–Crippen MR) is 82.9 cm³/mol. The highest BCUT2D eigenvalue weighted by atomic mass is 32.1. The Morgan fingerprint density at radius 2 is 2.09 bits per heavy atom. The number of amides is 1. The molecule has 1 amide bonds. The van der Waals surface area contributed by atoms with Crippen LogP contribution in [0.15, 0.2) is 48.0 Å². The van der Waals surface area contributed by atoms with Crippen LogP contribution in [0, 0.1) is 5.82 Å². The first-order valence-electron chi connectivity index (χ1n) is 6.89. The number of fused-ring (bicyclic) bond motifs is 1. The second-order valence-corrected chi connectivity index (χ2v) is 6.14. The van der Waals surface area contributed by atoms with Crippen molar-refractivity contribution in [2.75, 3.05) is 5.32 Å². The van der Waals surface area contributed by atoms with Crippen LogP contribution < -0.4 is 5.32 Å². The Hall–Kier alpha value is -2.47. The average molecular weight is 313 g/mol. The summed E-state index contributed by atoms with van der Waals surface area (Å²) in [6, 6.07) is 10.1. The van der Waals surface area contributed by atoms with Gasteiger partial charge in [0.2, 0.25) is 5.91 Å². The topological polar surface area (TPSA) is 46.9 Å². The molecule has 6 heteroatoms. The number of benzene rings is 1. The molecule has 0 radical (unpaired) electrons. The summed E-state index contributed by atoms with van der Waals surface area (Å²) in [7, 11) is 0. The van der Waals surface area contributed by atoms with Crippen LogP contribution in [0.4, 0.5) is 10.2 Å². The van der Waals surface area contributed by atoms with E-state index >= 15 is 0 Å². The molecule has 3 aromatic rings. The number of anilines is 1. The highest BCUT2D eigenvalue weighted by molar-refractivity contribution is 7.10. The minimum Gasteiger partial charge on any atom is -0.310 e. The average Bonchev–Trinajstić information content (AvgIpc) is 3.16. The summed E-state index contributed by atoms with van der Waals surface area (Å²) >= 11 is 1.64. The van der Waals surface area contributed by atoms with Crippen molar-refractivity contribution in [3.8, 4) is 5.69 Å². The lowest BCUT2D eigenvalue weighted by Crippen LogP contribution is -2.24. The van der Waals surface area contributed by atoms with E-state index in [2.05, 4.69) is 10.4 Å². The van der Waals surface area contributed by atoms with E-state index in [9.17, 15) is 9.18 Å². The summed E-state index contributed by atoms with van der Waals surface area (Å²) in [5.41, 5.74) is 1.71. The van der Waals surface area contributed by atoms with Crippen LogP contribution >= 0.6 is 11.3 Å². The van der Waals surface area contributed by atoms with Gasteiger partial charge in [-0.1, -0.05) is 6.07 Å². The lowest BCUT2D eigenvalue weighted by molar-refractivity contribution is -0.116. The molecule has 0 fully saturated rings. The van der Waals surface area contributed by atoms with Crippen molar-refractivity contribution >= 4 is 23.1 Å². The van der Waals surface area contributed by atoms with E-state index in [-0.39, 0.29) is 17.6 Å². The van der Waals surface area contributed by atoms with Gasteiger partial charge in [0, 0.05) is 22.8 Å². The van der Waals surface area contributed by atoms with Crippen LogP contribution in [0.3, 0.4) is 0 Å². The lowest BCUT2D eigenvalue weighted by atomic mass is 9.93. The predicted octanol–water partition coefficient (Wildman–Crippen LogP) is 3.55. The summed E-state index contributed by atoms with van der Waals surface area (Å²) in [4.78, 5) is 13.2. The summed E-state index contributed by atoms with van der Waals surface area (Å²) in [6.45, 7) is 0. The second-order valence-electron chi connectivity index (χ2n) is 5.16. The number of nitrogens with one attached hydrogen (secondary N) is 1. The minimum atomic E-state index is -0.301. The van der Waals surface area contributed by atoms with Gasteiger partial charge in [-0.3, -0.25) is 4.79 Å². The van der Waals surface area contributed by atoms with Crippen molar-refractivity contribution in [1.82, 2.24) is 9.78 Å². The van der Waals surface area contributed by atoms with E-state index in [4.69, 9.17) is 0 Å². The molecule has 1 aliphatic heterocycles. The largest absolute Gasteiger partial charge is 0.310 e. The highest BCUT2D eigenvalue weighted by Crippen LogP contribution is 2.39. The Bertz CT molecular complexity index is 824. The van der Waals surface area contributed by atoms with E-state index in [1.54, 1.807) is 34.3 Å². The lowest BCUT2D eigenvalue weighted by Gasteiger charge is -2.22. The van der Waals surface area contributed by atoms with Gasteiger partial charge in [-0.05, 0) is 35.7 Å². The summed E-state index contributed by atoms with van der Waals surface area (Å²) in [6.07, 6.45) is 2.20. The molecular formula is C16H12FN3OS. The Labute approximate surface area is 130 Å². The molecule has 4 rings (SSSR count). The van der Waals surface area contributed by atoms with Crippen molar-refractivity contribution in [3.05, 3.63) is 64.2 Å². The fourth-order valence-electron chi connectivity index (χ4n) is 2.74. The Balaban J connectivity index is 1.82. The molecule has 3 heterocycles. The van der Waals surface area contributed by atoms with Gasteiger partial charge in [0.1, 0.15) is 11.6 Å². The standard InChI is InChI=1S/C16H12FN3OS/c17-10-3-5-11(6-4-10)20-16-13(9-18-20)12(8-15(21)19-16)14-2-1-7-22-14/h1-7,9,12H,8H2,(H,19,21)/t12-/m1/s1. The maximum absolute atomic E-state index is 13.1. The molecule has 1 N–H and O–H groups in total. The fraction of sp³-hybridized carbons (Fsp3) is 0.125. The molecule has 0 spiro atoms. The van der Waals surface area contributed by atoms with Crippen molar-refractivity contribution < 1.29 is 9.18 Å². The molecule has 0 saturated carbocycles. The van der Waals surface area contributed by atoms with E-state index in [1.165, 1.54) is 12.1 Å². The number of rotatable bonds is 2. The van der Waals surface area contributed by atoms with Crippen LogP contribution in [-0.4, -0.2) is 15.7 Å². The molecule has 0 unspecified atom stereocenters. The van der Waals surface area contributed by atoms with Gasteiger partial charge in [0.15, 0.2) is 0 Å². The van der Waals surface area contributed by atoms with Crippen molar-refractivity contribution in [2.45, 2.75) is 12.3 Å². The molecule has 0 aliphatic carbocycles. The van der Waals surface area contributed by atoms with Gasteiger partial charge in [-0.25, -0.2) is 9.07 Å². The molecule has 0 saturated heterocycles. The number of aromatic nitrogens is 2. The number of hydrogen-bond donors (Lipinski definition) is 1. The number of carbonyl (C=O) groups excluding carboxylic acids is 1. The van der Waals surface area contributed by atoms with E-state index in [1.807, 2.05) is 17.5 Å². The van der Waals surface area contributed by atoms with Crippen molar-refractivity contribution in [2.24, 2.45) is 0 Å². The molecule has 1 aromatic carbocycles. The number of hydrogen-bond acceptors (Lipinski definition) is 3. The quantitative estimate of drug-likeness (QED) is 0.786. The highest BCUT2D eigenvalue weighted by Gasteiger charge is 2.30. The molecule has 0 bridgehead atoms. The smallest absolute Gasteiger partial charge is 0.226 e. The maximum Gasteiger partial charge on any atom is 0.226 e. The van der Waals surface area contributed by atoms with Crippen LogP contribution in [0.2, 0.25) is 0 Å². The summed E-state index contributed by atoms with van der Waals surface area (Å²) in [5, 5.41) is 9.27. The minimum absolute atomic E-state index is 0.0259. The van der Waals surface area contributed by atoms with Gasteiger partial charge >= 0.3 is 0 Å². The Morgan fingerprint density at radius 1 is 1.27 bits per heavy atom. The first-order valence-corrected chi connectivity index (χ1v) is 7.77. The normalized spacial score (nSPS) is 17.1. The molecular weight excluding hydrogens is 301 g/mol. The van der Waals surface area contributed by atoms with Crippen LogP contribution in [0.1, 0.15) is 22.8 Å². The molecule has 1 atom stereocenters. The van der Waals surface area contributed by atoms with Gasteiger partial charge < -0.3 is 5.32 Å². The van der Waals surface area contributed by atoms with Crippen LogP contribution in [-0.2, 0) is 4.79 Å². The van der Waals surface area contributed by atoms with E-state index < -0.39 is 0 Å². The Kier molecular flexibility index (Phi) is 3.04. The SMILES string of the molecule is O=C1C[C@@H](c2cccs2)c2cnn(-c3ccc(F)cc3)c2N1. The van der Waals surface area contributed by atoms with Crippen LogP contribution in [0.25, 0.3) is 5.69 Å². The van der Waals surface area contributed by atoms with Crippen LogP contribution in [0.5, 0.6) is 0 Å². The zero-order chi connectivity index (χ0) is 15.1. The summed E-state index contributed by atoms with van der Waals surface area (Å²) < 4.78 is 14.7. The van der Waals surface area contributed by atoms with E-state index in [0.29, 0.717) is 12.2 Å². The monoisotopic (exact) mass is 313 g/mol. The summed E-state index contributed by atoms with van der Waals surface area (Å²) in [5.74, 6) is 0.360. The first-order chi connectivity index (χ1) is 10.7. The molecule has 4 nitrogen and oxygen atoms in total. The number of carbonyl (C=O) groups is 1. The number of halogens is 1. The third-order valence-corrected chi connectivity index (χ3v) is 4.76. The number of nitrogens with zero attached hydrogens (tertiary/aromatic N) is 2. The third-order valence-electron chi connectivity index (χ3n) is 3.78. The van der Waals surface area contributed by atoms with Gasteiger partial charge in [-0.2, -0.15) is 5.10 Å². The maximum atomic E-state index is 13.1. The zero-order valence-electron chi connectivity index (χ0n) is 11.5. The fourth-order valence-corrected chi connectivity index (χ4v) is 3.59. The Morgan fingerprint density at radius 3 is 2.82 bits per heavy atom. The number of thiophene rings is 1. The van der Waals surface area contributed by atoms with Gasteiger partial charge in [0.05, 0.1) is 11.9 Å². The third kappa shape index (κ3) is 2.12. The first kappa shape index (κ1) is 13.2. The molecule has 1 aliphatic rings. The molecule has 2 aromatic heterocycles. The van der Waals surface area contributed by atoms with Crippen molar-refractivity contribution in [1.29, 1.82) is 0 Å².